The highest BCUT2D eigenvalue weighted by molar-refractivity contribution is 9.10. The van der Waals surface area contributed by atoms with Crippen molar-refractivity contribution in [2.45, 2.75) is 26.2 Å². The first-order valence-corrected chi connectivity index (χ1v) is 11.5. The fraction of sp³-hybridized carbons (Fsp3) is 0.227. The van der Waals surface area contributed by atoms with Gasteiger partial charge in [0, 0.05) is 16.1 Å². The Kier molecular flexibility index (Phi) is 7.95. The fourth-order valence-electron chi connectivity index (χ4n) is 2.84. The van der Waals surface area contributed by atoms with Gasteiger partial charge in [-0.05, 0) is 67.0 Å². The number of aromatic nitrogens is 1. The quantitative estimate of drug-likeness (QED) is 0.308. The molecule has 3 aromatic rings. The number of hydrogen-bond acceptors (Lipinski definition) is 5. The lowest BCUT2D eigenvalue weighted by Gasteiger charge is -2.06. The molecule has 0 saturated carbocycles. The minimum atomic E-state index is -0.336. The maximum atomic E-state index is 12.2. The lowest BCUT2D eigenvalue weighted by Crippen LogP contribution is -2.32. The van der Waals surface area contributed by atoms with E-state index in [9.17, 15) is 4.79 Å². The minimum absolute atomic E-state index is 0.205. The molecule has 0 aliphatic heterocycles. The molecular formula is C22H22BrN3O2S2. The van der Waals surface area contributed by atoms with E-state index in [1.807, 2.05) is 24.3 Å². The molecule has 0 atom stereocenters. The number of amides is 1. The Morgan fingerprint density at radius 1 is 1.30 bits per heavy atom. The van der Waals surface area contributed by atoms with Gasteiger partial charge in [-0.1, -0.05) is 46.7 Å². The van der Waals surface area contributed by atoms with Gasteiger partial charge >= 0.3 is 0 Å². The van der Waals surface area contributed by atoms with E-state index in [4.69, 9.17) is 17.0 Å². The summed E-state index contributed by atoms with van der Waals surface area (Å²) in [5.74, 6) is 0.341. The van der Waals surface area contributed by atoms with Crippen molar-refractivity contribution in [1.29, 1.82) is 0 Å². The van der Waals surface area contributed by atoms with Crippen LogP contribution in [-0.4, -0.2) is 23.1 Å². The average Bonchev–Trinajstić information content (AvgIpc) is 3.12. The third kappa shape index (κ3) is 6.10. The molecule has 2 aromatic carbocycles. The number of anilines is 1. The average molecular weight is 504 g/mol. The van der Waals surface area contributed by atoms with Crippen LogP contribution < -0.4 is 15.4 Å². The van der Waals surface area contributed by atoms with Gasteiger partial charge in [-0.15, -0.1) is 0 Å². The summed E-state index contributed by atoms with van der Waals surface area (Å²) in [6.45, 7) is 2.19. The van der Waals surface area contributed by atoms with Gasteiger partial charge in [0.2, 0.25) is 5.91 Å². The topological polar surface area (TPSA) is 63.2 Å². The van der Waals surface area contributed by atoms with E-state index >= 15 is 0 Å². The molecule has 1 amide bonds. The Balaban J connectivity index is 1.61. The monoisotopic (exact) mass is 503 g/mol. The van der Waals surface area contributed by atoms with Crippen molar-refractivity contribution in [3.8, 4) is 5.75 Å². The molecule has 2 N–H and O–H groups in total. The van der Waals surface area contributed by atoms with Gasteiger partial charge in [-0.3, -0.25) is 10.1 Å². The van der Waals surface area contributed by atoms with Crippen LogP contribution in [0.2, 0.25) is 0 Å². The molecule has 8 heteroatoms. The number of halogens is 1. The fourth-order valence-corrected chi connectivity index (χ4v) is 4.42. The minimum Gasteiger partial charge on any atom is -0.496 e. The summed E-state index contributed by atoms with van der Waals surface area (Å²) in [6, 6.07) is 11.9. The second kappa shape index (κ2) is 10.7. The number of ether oxygens (including phenoxy) is 1. The summed E-state index contributed by atoms with van der Waals surface area (Å²) in [5, 5.41) is 6.50. The zero-order chi connectivity index (χ0) is 21.5. The Bertz CT molecular complexity index is 1100. The number of benzene rings is 2. The Morgan fingerprint density at radius 3 is 2.90 bits per heavy atom. The molecule has 0 radical (unpaired) electrons. The molecule has 0 spiro atoms. The zero-order valence-corrected chi connectivity index (χ0v) is 19.9. The van der Waals surface area contributed by atoms with Crippen LogP contribution in [-0.2, 0) is 11.2 Å². The maximum Gasteiger partial charge on any atom is 0.250 e. The summed E-state index contributed by atoms with van der Waals surface area (Å²) in [5.41, 5.74) is 3.01. The molecule has 0 aliphatic rings. The number of hydrogen-bond donors (Lipinski definition) is 2. The van der Waals surface area contributed by atoms with Crippen LogP contribution in [0.5, 0.6) is 5.75 Å². The van der Waals surface area contributed by atoms with Gasteiger partial charge < -0.3 is 10.1 Å². The van der Waals surface area contributed by atoms with Crippen LogP contribution in [0.1, 0.15) is 30.9 Å². The predicted octanol–water partition coefficient (Wildman–Crippen LogP) is 5.94. The molecule has 1 aromatic heterocycles. The molecule has 5 nitrogen and oxygen atoms in total. The number of thiocarbonyl (C=S) groups is 1. The van der Waals surface area contributed by atoms with Crippen LogP contribution >= 0.6 is 39.5 Å². The van der Waals surface area contributed by atoms with E-state index in [0.29, 0.717) is 10.9 Å². The number of unbranched alkanes of at least 4 members (excludes halogenated alkanes) is 1. The summed E-state index contributed by atoms with van der Waals surface area (Å²) in [7, 11) is 1.59. The smallest absolute Gasteiger partial charge is 0.250 e. The first-order valence-electron chi connectivity index (χ1n) is 9.51. The second-order valence-corrected chi connectivity index (χ2v) is 8.94. The van der Waals surface area contributed by atoms with Gasteiger partial charge in [-0.2, -0.15) is 0 Å². The van der Waals surface area contributed by atoms with Gasteiger partial charge in [0.05, 0.1) is 17.3 Å². The van der Waals surface area contributed by atoms with Crippen LogP contribution in [0.4, 0.5) is 5.13 Å². The molecule has 0 bridgehead atoms. The number of methoxy groups -OCH3 is 1. The van der Waals surface area contributed by atoms with E-state index in [1.54, 1.807) is 13.2 Å². The number of aryl methyl sites for hydroxylation is 1. The summed E-state index contributed by atoms with van der Waals surface area (Å²) < 4.78 is 7.30. The normalized spacial score (nSPS) is 11.0. The SMILES string of the molecule is CCCCc1ccc2nc(NC(=S)NC(=O)/C=C/c3cc(Br)ccc3OC)sc2c1. The van der Waals surface area contributed by atoms with Crippen molar-refractivity contribution in [3.05, 3.63) is 58.1 Å². The molecule has 156 valence electrons. The number of rotatable bonds is 7. The number of fused-ring (bicyclic) bond motifs is 1. The number of carbonyl (C=O) groups excluding carboxylic acids is 1. The lowest BCUT2D eigenvalue weighted by molar-refractivity contribution is -0.115. The Morgan fingerprint density at radius 2 is 2.13 bits per heavy atom. The lowest BCUT2D eigenvalue weighted by atomic mass is 10.1. The molecule has 1 heterocycles. The van der Waals surface area contributed by atoms with Crippen molar-refractivity contribution in [1.82, 2.24) is 10.3 Å². The third-order valence-corrected chi connectivity index (χ3v) is 5.97. The maximum absolute atomic E-state index is 12.2. The molecule has 0 fully saturated rings. The molecule has 3 rings (SSSR count). The van der Waals surface area contributed by atoms with E-state index < -0.39 is 0 Å². The van der Waals surface area contributed by atoms with Crippen molar-refractivity contribution in [2.24, 2.45) is 0 Å². The number of carbonyl (C=O) groups is 1. The highest BCUT2D eigenvalue weighted by atomic mass is 79.9. The third-order valence-electron chi connectivity index (χ3n) is 4.34. The van der Waals surface area contributed by atoms with E-state index in [2.05, 4.69) is 50.6 Å². The van der Waals surface area contributed by atoms with Crippen LogP contribution in [0.3, 0.4) is 0 Å². The van der Waals surface area contributed by atoms with Gasteiger partial charge in [0.1, 0.15) is 5.75 Å². The van der Waals surface area contributed by atoms with Crippen LogP contribution in [0.25, 0.3) is 16.3 Å². The predicted molar refractivity (Wildman–Crippen MR) is 132 cm³/mol. The molecule has 0 aliphatic carbocycles. The summed E-state index contributed by atoms with van der Waals surface area (Å²) >= 11 is 10.2. The number of thiazole rings is 1. The molecule has 30 heavy (non-hydrogen) atoms. The standard InChI is InChI=1S/C22H22BrN3O2S2/c1-3-4-5-14-6-9-17-19(12-14)30-22(24-17)26-21(29)25-20(27)11-7-15-13-16(23)8-10-18(15)28-2/h6-13H,3-5H2,1-2H3,(H2,24,25,26,27,29)/b11-7+. The van der Waals surface area contributed by atoms with Gasteiger partial charge in [-0.25, -0.2) is 4.98 Å². The first kappa shape index (κ1) is 22.4. The summed E-state index contributed by atoms with van der Waals surface area (Å²) in [4.78, 5) is 16.8. The van der Waals surface area contributed by atoms with Crippen molar-refractivity contribution in [2.75, 3.05) is 12.4 Å². The zero-order valence-electron chi connectivity index (χ0n) is 16.7. The Hall–Kier alpha value is -2.29. The van der Waals surface area contributed by atoms with Crippen molar-refractivity contribution >= 4 is 71.9 Å². The highest BCUT2D eigenvalue weighted by Gasteiger charge is 2.08. The van der Waals surface area contributed by atoms with Gasteiger partial charge in [0.15, 0.2) is 10.2 Å². The van der Waals surface area contributed by atoms with Crippen molar-refractivity contribution in [3.63, 3.8) is 0 Å². The highest BCUT2D eigenvalue weighted by Crippen LogP contribution is 2.27. The van der Waals surface area contributed by atoms with Crippen molar-refractivity contribution < 1.29 is 9.53 Å². The molecular weight excluding hydrogens is 482 g/mol. The van der Waals surface area contributed by atoms with Gasteiger partial charge in [0.25, 0.3) is 0 Å². The summed E-state index contributed by atoms with van der Waals surface area (Å²) in [6.07, 6.45) is 6.50. The second-order valence-electron chi connectivity index (χ2n) is 6.59. The van der Waals surface area contributed by atoms with E-state index in [1.165, 1.54) is 35.8 Å². The number of nitrogens with zero attached hydrogens (tertiary/aromatic N) is 1. The first-order chi connectivity index (χ1) is 14.5. The van der Waals surface area contributed by atoms with E-state index in [-0.39, 0.29) is 11.0 Å². The largest absolute Gasteiger partial charge is 0.496 e. The number of nitrogens with one attached hydrogen (secondary N) is 2. The van der Waals surface area contributed by atoms with Crippen LogP contribution in [0.15, 0.2) is 46.9 Å². The Labute approximate surface area is 193 Å². The van der Waals surface area contributed by atoms with Crippen LogP contribution in [0, 0.1) is 0 Å². The van der Waals surface area contributed by atoms with E-state index in [0.717, 1.165) is 26.7 Å². The molecule has 0 unspecified atom stereocenters. The molecule has 0 saturated heterocycles.